The Morgan fingerprint density at radius 1 is 1.20 bits per heavy atom. The lowest BCUT2D eigenvalue weighted by Crippen LogP contribution is -1.95. The van der Waals surface area contributed by atoms with Crippen LogP contribution in [0.1, 0.15) is 23.7 Å². The van der Waals surface area contributed by atoms with Crippen molar-refractivity contribution in [3.63, 3.8) is 0 Å². The van der Waals surface area contributed by atoms with Gasteiger partial charge in [-0.05, 0) is 24.1 Å². The molecule has 0 unspecified atom stereocenters. The van der Waals surface area contributed by atoms with Crippen LogP contribution in [-0.2, 0) is 12.8 Å². The zero-order valence-corrected chi connectivity index (χ0v) is 12.3. The first-order valence-corrected chi connectivity index (χ1v) is 6.88. The van der Waals surface area contributed by atoms with E-state index in [4.69, 9.17) is 25.6 Å². The summed E-state index contributed by atoms with van der Waals surface area (Å²) in [5.41, 5.74) is 1.03. The number of halogens is 1. The molecule has 0 bridgehead atoms. The molecule has 0 fully saturated rings. The molecule has 0 spiro atoms. The van der Waals surface area contributed by atoms with Crippen LogP contribution >= 0.6 is 11.6 Å². The molecule has 0 saturated heterocycles. The number of aryl methyl sites for hydroxylation is 1. The van der Waals surface area contributed by atoms with Crippen LogP contribution in [0.15, 0.2) is 22.7 Å². The minimum atomic E-state index is 0.588. The molecule has 2 aromatic rings. The van der Waals surface area contributed by atoms with Crippen LogP contribution in [0.4, 0.5) is 0 Å². The summed E-state index contributed by atoms with van der Waals surface area (Å²) in [6, 6.07) is 5.73. The summed E-state index contributed by atoms with van der Waals surface area (Å²) >= 11 is 5.63. The molecule has 6 heteroatoms. The van der Waals surface area contributed by atoms with Gasteiger partial charge in [-0.3, -0.25) is 0 Å². The molecule has 0 radical (unpaired) electrons. The maximum Gasteiger partial charge on any atom is 0.226 e. The number of ether oxygens (including phenoxy) is 2. The van der Waals surface area contributed by atoms with Crippen molar-refractivity contribution in [3.8, 4) is 11.5 Å². The molecule has 0 aliphatic heterocycles. The first kappa shape index (κ1) is 14.7. The number of methoxy groups -OCH3 is 2. The van der Waals surface area contributed by atoms with Crippen molar-refractivity contribution < 1.29 is 14.0 Å². The summed E-state index contributed by atoms with van der Waals surface area (Å²) in [4.78, 5) is 4.33. The Bertz CT molecular complexity index is 557. The van der Waals surface area contributed by atoms with Crippen LogP contribution in [-0.4, -0.2) is 30.2 Å². The van der Waals surface area contributed by atoms with Crippen LogP contribution in [0.25, 0.3) is 0 Å². The predicted molar refractivity (Wildman–Crippen MR) is 75.7 cm³/mol. The van der Waals surface area contributed by atoms with Gasteiger partial charge in [-0.25, -0.2) is 0 Å². The van der Waals surface area contributed by atoms with Gasteiger partial charge in [0.05, 0.1) is 14.2 Å². The monoisotopic (exact) mass is 296 g/mol. The summed E-state index contributed by atoms with van der Waals surface area (Å²) in [7, 11) is 3.22. The molecule has 0 amide bonds. The highest BCUT2D eigenvalue weighted by Crippen LogP contribution is 2.28. The van der Waals surface area contributed by atoms with Gasteiger partial charge < -0.3 is 14.0 Å². The summed E-state index contributed by atoms with van der Waals surface area (Å²) in [6.45, 7) is 0. The lowest BCUT2D eigenvalue weighted by molar-refractivity contribution is 0.354. The van der Waals surface area contributed by atoms with Crippen LogP contribution in [0.3, 0.4) is 0 Å². The maximum absolute atomic E-state index is 5.63. The predicted octanol–water partition coefficient (Wildman–Crippen LogP) is 2.85. The third-order valence-electron chi connectivity index (χ3n) is 2.84. The fraction of sp³-hybridized carbons (Fsp3) is 0.429. The largest absolute Gasteiger partial charge is 0.493 e. The smallest absolute Gasteiger partial charge is 0.226 e. The van der Waals surface area contributed by atoms with Crippen LogP contribution in [0.2, 0.25) is 0 Å². The Morgan fingerprint density at radius 3 is 2.70 bits per heavy atom. The molecule has 2 rings (SSSR count). The highest BCUT2D eigenvalue weighted by Gasteiger charge is 2.09. The van der Waals surface area contributed by atoms with Crippen molar-refractivity contribution in [1.82, 2.24) is 10.1 Å². The molecule has 0 N–H and O–H groups in total. The zero-order valence-electron chi connectivity index (χ0n) is 11.6. The van der Waals surface area contributed by atoms with E-state index in [0.29, 0.717) is 41.9 Å². The van der Waals surface area contributed by atoms with Gasteiger partial charge in [0.15, 0.2) is 17.3 Å². The Labute approximate surface area is 122 Å². The second kappa shape index (κ2) is 7.14. The van der Waals surface area contributed by atoms with Gasteiger partial charge in [-0.15, -0.1) is 11.6 Å². The van der Waals surface area contributed by atoms with Gasteiger partial charge in [-0.1, -0.05) is 11.2 Å². The van der Waals surface area contributed by atoms with Crippen molar-refractivity contribution in [2.24, 2.45) is 0 Å². The molecule has 5 nitrogen and oxygen atoms in total. The number of hydrogen-bond donors (Lipinski definition) is 0. The lowest BCUT2D eigenvalue weighted by Gasteiger charge is -2.08. The Morgan fingerprint density at radius 2 is 2.00 bits per heavy atom. The molecular weight excluding hydrogens is 280 g/mol. The number of benzene rings is 1. The van der Waals surface area contributed by atoms with E-state index in [2.05, 4.69) is 10.1 Å². The van der Waals surface area contributed by atoms with E-state index in [1.165, 1.54) is 0 Å². The molecular formula is C14H17ClN2O3. The third kappa shape index (κ3) is 3.63. The minimum absolute atomic E-state index is 0.588. The third-order valence-corrected chi connectivity index (χ3v) is 3.11. The van der Waals surface area contributed by atoms with Gasteiger partial charge in [0.25, 0.3) is 0 Å². The maximum atomic E-state index is 5.63. The summed E-state index contributed by atoms with van der Waals surface area (Å²) < 4.78 is 15.6. The van der Waals surface area contributed by atoms with E-state index in [9.17, 15) is 0 Å². The molecule has 1 aromatic carbocycles. The normalized spacial score (nSPS) is 10.6. The fourth-order valence-corrected chi connectivity index (χ4v) is 1.99. The van der Waals surface area contributed by atoms with Crippen molar-refractivity contribution in [3.05, 3.63) is 35.5 Å². The second-order valence-electron chi connectivity index (χ2n) is 4.26. The van der Waals surface area contributed by atoms with Crippen molar-refractivity contribution in [2.75, 3.05) is 20.1 Å². The fourth-order valence-electron chi connectivity index (χ4n) is 1.85. The highest BCUT2D eigenvalue weighted by atomic mass is 35.5. The van der Waals surface area contributed by atoms with Crippen LogP contribution in [0, 0.1) is 0 Å². The number of rotatable bonds is 7. The Balaban J connectivity index is 2.07. The second-order valence-corrected chi connectivity index (χ2v) is 4.64. The summed E-state index contributed by atoms with van der Waals surface area (Å²) in [5, 5.41) is 3.96. The number of aromatic nitrogens is 2. The highest BCUT2D eigenvalue weighted by molar-refractivity contribution is 6.17. The van der Waals surface area contributed by atoms with E-state index in [1.807, 2.05) is 18.2 Å². The molecule has 1 aromatic heterocycles. The quantitative estimate of drug-likeness (QED) is 0.735. The van der Waals surface area contributed by atoms with Gasteiger partial charge >= 0.3 is 0 Å². The summed E-state index contributed by atoms with van der Waals surface area (Å²) in [6.07, 6.45) is 2.13. The van der Waals surface area contributed by atoms with E-state index < -0.39 is 0 Å². The van der Waals surface area contributed by atoms with E-state index in [0.717, 1.165) is 12.0 Å². The van der Waals surface area contributed by atoms with Gasteiger partial charge in [0.2, 0.25) is 5.89 Å². The van der Waals surface area contributed by atoms with Crippen molar-refractivity contribution in [1.29, 1.82) is 0 Å². The van der Waals surface area contributed by atoms with E-state index in [-0.39, 0.29) is 0 Å². The lowest BCUT2D eigenvalue weighted by atomic mass is 10.1. The van der Waals surface area contributed by atoms with Gasteiger partial charge in [0.1, 0.15) is 0 Å². The summed E-state index contributed by atoms with van der Waals surface area (Å²) in [5.74, 6) is 3.26. The first-order valence-electron chi connectivity index (χ1n) is 6.35. The molecule has 108 valence electrons. The SMILES string of the molecule is COc1ccc(Cc2noc(CCCCl)n2)cc1OC. The Hall–Kier alpha value is -1.75. The van der Waals surface area contributed by atoms with Crippen LogP contribution in [0.5, 0.6) is 11.5 Å². The molecule has 0 atom stereocenters. The average Bonchev–Trinajstić information content (AvgIpc) is 2.92. The zero-order chi connectivity index (χ0) is 14.4. The molecule has 0 saturated carbocycles. The van der Waals surface area contributed by atoms with Crippen molar-refractivity contribution >= 4 is 11.6 Å². The van der Waals surface area contributed by atoms with Crippen molar-refractivity contribution in [2.45, 2.75) is 19.3 Å². The number of alkyl halides is 1. The topological polar surface area (TPSA) is 57.4 Å². The van der Waals surface area contributed by atoms with Gasteiger partial charge in [-0.2, -0.15) is 4.98 Å². The van der Waals surface area contributed by atoms with Crippen LogP contribution < -0.4 is 9.47 Å². The first-order chi connectivity index (χ1) is 9.76. The van der Waals surface area contributed by atoms with E-state index >= 15 is 0 Å². The number of nitrogens with zero attached hydrogens (tertiary/aromatic N) is 2. The standard InChI is InChI=1S/C14H17ClN2O3/c1-18-11-6-5-10(8-12(11)19-2)9-13-16-14(20-17-13)4-3-7-15/h5-6,8H,3-4,7,9H2,1-2H3. The van der Waals surface area contributed by atoms with E-state index in [1.54, 1.807) is 14.2 Å². The molecule has 20 heavy (non-hydrogen) atoms. The Kier molecular flexibility index (Phi) is 5.24. The molecule has 1 heterocycles. The molecule has 0 aliphatic rings. The minimum Gasteiger partial charge on any atom is -0.493 e. The average molecular weight is 297 g/mol. The number of hydrogen-bond acceptors (Lipinski definition) is 5. The molecule has 0 aliphatic carbocycles. The van der Waals surface area contributed by atoms with Gasteiger partial charge in [0, 0.05) is 18.7 Å².